The van der Waals surface area contributed by atoms with Crippen LogP contribution in [0.25, 0.3) is 0 Å². The zero-order valence-corrected chi connectivity index (χ0v) is 9.87. The fraction of sp³-hybridized carbons (Fsp3) is 0.538. The molecule has 1 heterocycles. The van der Waals surface area contributed by atoms with Crippen LogP contribution in [-0.4, -0.2) is 16.9 Å². The predicted octanol–water partition coefficient (Wildman–Crippen LogP) is 1.83. The van der Waals surface area contributed by atoms with E-state index in [4.69, 9.17) is 0 Å². The number of nitrogens with one attached hydrogen (secondary N) is 2. The summed E-state index contributed by atoms with van der Waals surface area (Å²) in [4.78, 5) is 25.5. The van der Waals surface area contributed by atoms with Gasteiger partial charge in [0.1, 0.15) is 0 Å². The standard InChI is InChI=1S/C13H18N2O2/c16-12-9-10(7-8-14-12)13(17)15-11-5-3-1-2-4-6-11/h7-9,11H,1-6H2,(H,14,16)(H,15,17). The van der Waals surface area contributed by atoms with Crippen LogP contribution in [0.1, 0.15) is 48.9 Å². The van der Waals surface area contributed by atoms with Crippen LogP contribution in [-0.2, 0) is 0 Å². The van der Waals surface area contributed by atoms with Crippen LogP contribution >= 0.6 is 0 Å². The Morgan fingerprint density at radius 3 is 2.59 bits per heavy atom. The van der Waals surface area contributed by atoms with Crippen molar-refractivity contribution < 1.29 is 4.79 Å². The topological polar surface area (TPSA) is 62.0 Å². The van der Waals surface area contributed by atoms with E-state index in [1.807, 2.05) is 0 Å². The second-order valence-electron chi connectivity index (χ2n) is 4.60. The molecule has 0 saturated heterocycles. The molecule has 1 fully saturated rings. The lowest BCUT2D eigenvalue weighted by Crippen LogP contribution is -2.34. The largest absolute Gasteiger partial charge is 0.349 e. The van der Waals surface area contributed by atoms with Crippen molar-refractivity contribution in [3.63, 3.8) is 0 Å². The van der Waals surface area contributed by atoms with E-state index in [-0.39, 0.29) is 17.5 Å². The van der Waals surface area contributed by atoms with Crippen molar-refractivity contribution >= 4 is 5.91 Å². The van der Waals surface area contributed by atoms with Crippen molar-refractivity contribution in [3.8, 4) is 0 Å². The van der Waals surface area contributed by atoms with E-state index in [1.165, 1.54) is 37.9 Å². The third-order valence-corrected chi connectivity index (χ3v) is 3.23. The van der Waals surface area contributed by atoms with Gasteiger partial charge in [-0.05, 0) is 18.9 Å². The summed E-state index contributed by atoms with van der Waals surface area (Å²) >= 11 is 0. The first-order chi connectivity index (χ1) is 8.25. The smallest absolute Gasteiger partial charge is 0.251 e. The van der Waals surface area contributed by atoms with Crippen molar-refractivity contribution in [2.75, 3.05) is 0 Å². The molecule has 1 aromatic rings. The van der Waals surface area contributed by atoms with Gasteiger partial charge in [0.2, 0.25) is 5.56 Å². The number of carbonyl (C=O) groups excluding carboxylic acids is 1. The van der Waals surface area contributed by atoms with Gasteiger partial charge in [-0.15, -0.1) is 0 Å². The van der Waals surface area contributed by atoms with Gasteiger partial charge in [-0.1, -0.05) is 25.7 Å². The summed E-state index contributed by atoms with van der Waals surface area (Å²) in [5.74, 6) is -0.136. The number of aromatic amines is 1. The summed E-state index contributed by atoms with van der Waals surface area (Å²) < 4.78 is 0. The molecule has 0 aliphatic heterocycles. The number of aromatic nitrogens is 1. The van der Waals surface area contributed by atoms with Gasteiger partial charge in [-0.3, -0.25) is 9.59 Å². The van der Waals surface area contributed by atoms with Crippen LogP contribution in [0.15, 0.2) is 23.1 Å². The molecule has 1 aliphatic rings. The third kappa shape index (κ3) is 3.44. The van der Waals surface area contributed by atoms with E-state index < -0.39 is 0 Å². The maximum atomic E-state index is 11.9. The molecular weight excluding hydrogens is 216 g/mol. The van der Waals surface area contributed by atoms with Crippen LogP contribution in [0.4, 0.5) is 0 Å². The summed E-state index contributed by atoms with van der Waals surface area (Å²) in [5.41, 5.74) is 0.205. The van der Waals surface area contributed by atoms with Gasteiger partial charge in [-0.25, -0.2) is 0 Å². The van der Waals surface area contributed by atoms with Crippen molar-refractivity contribution in [2.24, 2.45) is 0 Å². The molecule has 1 aromatic heterocycles. The number of H-pyrrole nitrogens is 1. The highest BCUT2D eigenvalue weighted by Crippen LogP contribution is 2.17. The Morgan fingerprint density at radius 2 is 1.94 bits per heavy atom. The van der Waals surface area contributed by atoms with Crippen molar-refractivity contribution in [1.29, 1.82) is 0 Å². The highest BCUT2D eigenvalue weighted by atomic mass is 16.2. The maximum absolute atomic E-state index is 11.9. The van der Waals surface area contributed by atoms with Crippen molar-refractivity contribution in [2.45, 2.75) is 44.6 Å². The summed E-state index contributed by atoms with van der Waals surface area (Å²) in [6.07, 6.45) is 8.49. The molecule has 0 radical (unpaired) electrons. The molecule has 1 amide bonds. The minimum absolute atomic E-state index is 0.136. The average molecular weight is 234 g/mol. The van der Waals surface area contributed by atoms with Gasteiger partial charge in [0.25, 0.3) is 5.91 Å². The molecule has 0 bridgehead atoms. The van der Waals surface area contributed by atoms with Crippen LogP contribution in [0, 0.1) is 0 Å². The SMILES string of the molecule is O=C(NC1CCCCCC1)c1cc[nH]c(=O)c1. The quantitative estimate of drug-likeness (QED) is 0.767. The Morgan fingerprint density at radius 1 is 1.24 bits per heavy atom. The highest BCUT2D eigenvalue weighted by molar-refractivity contribution is 5.94. The van der Waals surface area contributed by atoms with E-state index in [0.29, 0.717) is 5.56 Å². The number of hydrogen-bond donors (Lipinski definition) is 2. The molecule has 4 heteroatoms. The van der Waals surface area contributed by atoms with Crippen LogP contribution in [0.3, 0.4) is 0 Å². The van der Waals surface area contributed by atoms with Crippen LogP contribution in [0.5, 0.6) is 0 Å². The van der Waals surface area contributed by atoms with Crippen LogP contribution < -0.4 is 10.9 Å². The minimum Gasteiger partial charge on any atom is -0.349 e. The van der Waals surface area contributed by atoms with E-state index >= 15 is 0 Å². The Bertz CT molecular complexity index is 431. The summed E-state index contributed by atoms with van der Waals surface area (Å²) in [6.45, 7) is 0. The second kappa shape index (κ2) is 5.66. The Balaban J connectivity index is 1.98. The van der Waals surface area contributed by atoms with E-state index in [0.717, 1.165) is 12.8 Å². The maximum Gasteiger partial charge on any atom is 0.251 e. The second-order valence-corrected chi connectivity index (χ2v) is 4.60. The molecule has 1 saturated carbocycles. The van der Waals surface area contributed by atoms with Gasteiger partial charge in [-0.2, -0.15) is 0 Å². The molecule has 0 atom stereocenters. The first kappa shape index (κ1) is 11.9. The van der Waals surface area contributed by atoms with Crippen LogP contribution in [0.2, 0.25) is 0 Å². The van der Waals surface area contributed by atoms with E-state index in [1.54, 1.807) is 6.07 Å². The molecule has 2 N–H and O–H groups in total. The highest BCUT2D eigenvalue weighted by Gasteiger charge is 2.15. The number of amides is 1. The first-order valence-electron chi connectivity index (χ1n) is 6.25. The summed E-state index contributed by atoms with van der Waals surface area (Å²) in [5, 5.41) is 3.01. The van der Waals surface area contributed by atoms with Gasteiger partial charge in [0.15, 0.2) is 0 Å². The Kier molecular flexibility index (Phi) is 3.96. The molecule has 92 valence electrons. The third-order valence-electron chi connectivity index (χ3n) is 3.23. The number of pyridine rings is 1. The molecule has 4 nitrogen and oxygen atoms in total. The van der Waals surface area contributed by atoms with Gasteiger partial charge >= 0.3 is 0 Å². The molecule has 1 aliphatic carbocycles. The normalized spacial score (nSPS) is 17.4. The average Bonchev–Trinajstić information content (AvgIpc) is 2.57. The Labute approximate surface area is 100 Å². The lowest BCUT2D eigenvalue weighted by atomic mass is 10.1. The minimum atomic E-state index is -0.237. The molecule has 17 heavy (non-hydrogen) atoms. The van der Waals surface area contributed by atoms with Gasteiger partial charge in [0.05, 0.1) is 0 Å². The molecule has 0 spiro atoms. The monoisotopic (exact) mass is 234 g/mol. The molecular formula is C13H18N2O2. The first-order valence-corrected chi connectivity index (χ1v) is 6.25. The molecule has 0 aromatic carbocycles. The fourth-order valence-corrected chi connectivity index (χ4v) is 2.28. The van der Waals surface area contributed by atoms with Gasteiger partial charge < -0.3 is 10.3 Å². The predicted molar refractivity (Wildman–Crippen MR) is 66.0 cm³/mol. The summed E-state index contributed by atoms with van der Waals surface area (Å²) in [7, 11) is 0. The summed E-state index contributed by atoms with van der Waals surface area (Å²) in [6, 6.07) is 3.24. The van der Waals surface area contributed by atoms with Gasteiger partial charge in [0, 0.05) is 23.9 Å². The Hall–Kier alpha value is -1.58. The molecule has 0 unspecified atom stereocenters. The lowest BCUT2D eigenvalue weighted by Gasteiger charge is -2.15. The number of carbonyl (C=O) groups is 1. The zero-order chi connectivity index (χ0) is 12.1. The fourth-order valence-electron chi connectivity index (χ4n) is 2.28. The van der Waals surface area contributed by atoms with E-state index in [2.05, 4.69) is 10.3 Å². The lowest BCUT2D eigenvalue weighted by molar-refractivity contribution is 0.0933. The molecule has 2 rings (SSSR count). The van der Waals surface area contributed by atoms with E-state index in [9.17, 15) is 9.59 Å². The van der Waals surface area contributed by atoms with Crippen molar-refractivity contribution in [3.05, 3.63) is 34.2 Å². The number of rotatable bonds is 2. The van der Waals surface area contributed by atoms with Crippen molar-refractivity contribution in [1.82, 2.24) is 10.3 Å². The zero-order valence-electron chi connectivity index (χ0n) is 9.87. The number of hydrogen-bond acceptors (Lipinski definition) is 2.